The summed E-state index contributed by atoms with van der Waals surface area (Å²) in [7, 11) is 0. The minimum absolute atomic E-state index is 0.00466. The van der Waals surface area contributed by atoms with Gasteiger partial charge in [0, 0.05) is 93.3 Å². The van der Waals surface area contributed by atoms with Crippen LogP contribution >= 0.6 is 0 Å². The highest BCUT2D eigenvalue weighted by atomic mass is 16.4. The number of aliphatic carboxylic acids is 1. The van der Waals surface area contributed by atoms with E-state index in [0.717, 1.165) is 0 Å². The van der Waals surface area contributed by atoms with E-state index in [0.29, 0.717) is 103 Å². The van der Waals surface area contributed by atoms with E-state index >= 15 is 0 Å². The number of rotatable bonds is 29. The van der Waals surface area contributed by atoms with E-state index in [-0.39, 0.29) is 116 Å². The van der Waals surface area contributed by atoms with Gasteiger partial charge in [-0.05, 0) is 125 Å². The van der Waals surface area contributed by atoms with Gasteiger partial charge in [-0.15, -0.1) is 0 Å². The highest BCUT2D eigenvalue weighted by Gasteiger charge is 2.48. The first kappa shape index (κ1) is 76.4. The summed E-state index contributed by atoms with van der Waals surface area (Å²) < 4.78 is 0. The predicted octanol–water partition coefficient (Wildman–Crippen LogP) is 3.28. The zero-order chi connectivity index (χ0) is 66.5. The molecule has 4 rings (SSSR count). The standard InChI is InChI=1S/C35H59N5O8.C29H51N5O6/c1-8-9-13-23(19-30(44)45)18-28(42)36-16-11-10-14-25(31(46)34(2,3)4)38-32(47)27-20-24(41)22-40(27)33(48)26-15-12-17-39(26)29(43)21-37-35(5,6)7;1-8-23(36)30-14-10-9-12-20(25(38)28(2,3)4)32-26(39)22-16-19(35)18-34(22)27(40)21-13-11-15-33(21)24(37)17-31-29(5,6)7/h8-9,23-27,37,41H,10-22H2,1-7H3,(H,36,42)(H,38,47)(H,44,45);19-22,31,35H,8-18H2,1-7H3,(H,30,36)(H,32,39)/b9-8+;/t23?,24?,25?,26-,27-;19?,20?,21-,22-/m11/s1. The lowest BCUT2D eigenvalue weighted by Crippen LogP contribution is -2.56. The number of β-amino-alcohol motifs (C(OH)–C–C–N with tert-alkyl or cyclic N) is 2. The van der Waals surface area contributed by atoms with Crippen LogP contribution in [0.4, 0.5) is 0 Å². The second kappa shape index (κ2) is 34.9. The molecule has 9 atom stereocenters. The van der Waals surface area contributed by atoms with Gasteiger partial charge in [0.05, 0.1) is 37.4 Å². The number of hydrogen-bond acceptors (Lipinski definition) is 15. The van der Waals surface area contributed by atoms with Crippen LogP contribution in [-0.4, -0.2) is 212 Å². The van der Waals surface area contributed by atoms with E-state index in [9.17, 15) is 63.0 Å². The summed E-state index contributed by atoms with van der Waals surface area (Å²) in [6.07, 6.45) is 8.28. The average molecular weight is 1240 g/mol. The lowest BCUT2D eigenvalue weighted by Gasteiger charge is -2.32. The molecule has 0 aromatic rings. The molecule has 9 N–H and O–H groups in total. The topological polar surface area (TPSA) is 334 Å². The van der Waals surface area contributed by atoms with Gasteiger partial charge in [0.1, 0.15) is 24.2 Å². The van der Waals surface area contributed by atoms with Gasteiger partial charge in [-0.3, -0.25) is 52.7 Å². The number of likely N-dealkylation sites (tertiary alicyclic amines) is 4. The van der Waals surface area contributed by atoms with Crippen molar-refractivity contribution in [1.82, 2.24) is 51.5 Å². The van der Waals surface area contributed by atoms with Crippen molar-refractivity contribution in [1.29, 1.82) is 0 Å². The maximum absolute atomic E-state index is 13.8. The second-order valence-corrected chi connectivity index (χ2v) is 28.4. The zero-order valence-corrected chi connectivity index (χ0v) is 55.4. The second-order valence-electron chi connectivity index (χ2n) is 28.4. The fraction of sp³-hybridized carbons (Fsp3) is 0.797. The van der Waals surface area contributed by atoms with Crippen LogP contribution in [0.15, 0.2) is 12.2 Å². The Morgan fingerprint density at radius 1 is 0.545 bits per heavy atom. The molecule has 4 aliphatic rings. The normalized spacial score (nSPS) is 21.7. The number of Topliss-reactive ketones (excluding diaryl/α,β-unsaturated/α-hetero) is 2. The SMILES string of the molecule is C/C=C/CC(CC(=O)O)CC(=O)NCCCCC(NC(=O)[C@H]1CC(O)CN1C(=O)[C@H]1CCCN1C(=O)CNC(C)(C)C)C(=O)C(C)(C)C.CCC(=O)NCCCCC(NC(=O)[C@H]1CC(O)CN1C(=O)[C@H]1CCCN1C(=O)CNC(C)(C)C)C(=O)C(C)(C)C. The summed E-state index contributed by atoms with van der Waals surface area (Å²) in [6.45, 7) is 28.0. The number of ketones is 2. The Labute approximate surface area is 523 Å². The van der Waals surface area contributed by atoms with Gasteiger partial charge >= 0.3 is 5.97 Å². The van der Waals surface area contributed by atoms with Gasteiger partial charge in [-0.1, -0.05) is 60.6 Å². The smallest absolute Gasteiger partial charge is 0.303 e. The number of nitrogens with one attached hydrogen (secondary N) is 6. The van der Waals surface area contributed by atoms with Crippen LogP contribution < -0.4 is 31.9 Å². The van der Waals surface area contributed by atoms with Crippen molar-refractivity contribution in [2.75, 3.05) is 52.4 Å². The molecule has 88 heavy (non-hydrogen) atoms. The third-order valence-corrected chi connectivity index (χ3v) is 16.2. The number of carboxylic acids is 1. The molecule has 24 nitrogen and oxygen atoms in total. The first-order valence-corrected chi connectivity index (χ1v) is 32.0. The third kappa shape index (κ3) is 25.6. The average Bonchev–Trinajstić information content (AvgIpc) is 3.61. The number of carboxylic acid groups (broad SMARTS) is 1. The molecule has 0 spiro atoms. The Hall–Kier alpha value is -5.85. The molecule has 0 radical (unpaired) electrons. The molecule has 4 saturated heterocycles. The molecule has 0 aromatic heterocycles. The van der Waals surface area contributed by atoms with Gasteiger partial charge in [0.15, 0.2) is 11.6 Å². The number of unbranched alkanes of at least 4 members (excludes halogenated alkanes) is 2. The number of carbonyl (C=O) groups is 11. The zero-order valence-electron chi connectivity index (χ0n) is 55.4. The first-order chi connectivity index (χ1) is 40.9. The molecule has 4 heterocycles. The maximum Gasteiger partial charge on any atom is 0.303 e. The van der Waals surface area contributed by atoms with E-state index in [1.165, 1.54) is 9.80 Å². The monoisotopic (exact) mass is 1240 g/mol. The predicted molar refractivity (Wildman–Crippen MR) is 334 cm³/mol. The van der Waals surface area contributed by atoms with Crippen LogP contribution in [0.25, 0.3) is 0 Å². The molecule has 4 aliphatic heterocycles. The highest BCUT2D eigenvalue weighted by molar-refractivity contribution is 5.98. The molecule has 0 aliphatic carbocycles. The first-order valence-electron chi connectivity index (χ1n) is 32.0. The van der Waals surface area contributed by atoms with Crippen LogP contribution in [0.1, 0.15) is 200 Å². The van der Waals surface area contributed by atoms with Gasteiger partial charge in [0.2, 0.25) is 47.3 Å². The lowest BCUT2D eigenvalue weighted by molar-refractivity contribution is -0.147. The molecular formula is C64H110N10O14. The van der Waals surface area contributed by atoms with Crippen LogP contribution in [-0.2, 0) is 52.7 Å². The molecule has 500 valence electrons. The van der Waals surface area contributed by atoms with Crippen LogP contribution in [0.5, 0.6) is 0 Å². The van der Waals surface area contributed by atoms with Crippen LogP contribution in [0.3, 0.4) is 0 Å². The molecule has 5 unspecified atom stereocenters. The Balaban J connectivity index is 0.000000468. The van der Waals surface area contributed by atoms with Crippen molar-refractivity contribution < 1.29 is 68.1 Å². The van der Waals surface area contributed by atoms with E-state index in [2.05, 4.69) is 31.9 Å². The summed E-state index contributed by atoms with van der Waals surface area (Å²) in [5.74, 6) is -3.89. The molecule has 24 heteroatoms. The quantitative estimate of drug-likeness (QED) is 0.0383. The summed E-state index contributed by atoms with van der Waals surface area (Å²) in [5.41, 5.74) is -1.97. The molecule has 8 amide bonds. The minimum atomic E-state index is -0.978. The Morgan fingerprint density at radius 2 is 0.943 bits per heavy atom. The summed E-state index contributed by atoms with van der Waals surface area (Å²) in [4.78, 5) is 148. The van der Waals surface area contributed by atoms with Crippen molar-refractivity contribution in [2.24, 2.45) is 16.7 Å². The van der Waals surface area contributed by atoms with Crippen molar-refractivity contribution >= 4 is 64.8 Å². The number of amides is 8. The van der Waals surface area contributed by atoms with Gasteiger partial charge in [0.25, 0.3) is 0 Å². The number of nitrogens with zero attached hydrogens (tertiary/aromatic N) is 4. The van der Waals surface area contributed by atoms with Gasteiger partial charge < -0.3 is 66.8 Å². The van der Waals surface area contributed by atoms with Gasteiger partial charge in [-0.25, -0.2) is 0 Å². The number of hydrogen-bond donors (Lipinski definition) is 9. The van der Waals surface area contributed by atoms with Crippen LogP contribution in [0.2, 0.25) is 0 Å². The number of aliphatic hydroxyl groups excluding tert-OH is 2. The number of carbonyl (C=O) groups excluding carboxylic acids is 10. The van der Waals surface area contributed by atoms with E-state index in [1.54, 1.807) is 58.3 Å². The highest BCUT2D eigenvalue weighted by Crippen LogP contribution is 2.29. The minimum Gasteiger partial charge on any atom is -0.481 e. The van der Waals surface area contributed by atoms with Crippen molar-refractivity contribution in [3.8, 4) is 0 Å². The maximum atomic E-state index is 13.8. The third-order valence-electron chi connectivity index (χ3n) is 16.2. The van der Waals surface area contributed by atoms with E-state index < -0.39 is 77.1 Å². The Kier molecular flexibility index (Phi) is 30.3. The Morgan fingerprint density at radius 3 is 1.30 bits per heavy atom. The molecular weight excluding hydrogens is 1130 g/mol. The molecule has 0 bridgehead atoms. The molecule has 4 fully saturated rings. The Bertz CT molecular complexity index is 2430. The van der Waals surface area contributed by atoms with E-state index in [4.69, 9.17) is 5.11 Å². The number of allylic oxidation sites excluding steroid dienone is 2. The fourth-order valence-corrected chi connectivity index (χ4v) is 11.3. The van der Waals surface area contributed by atoms with Crippen molar-refractivity contribution in [3.05, 3.63) is 12.2 Å². The number of aliphatic hydroxyl groups is 2. The summed E-state index contributed by atoms with van der Waals surface area (Å²) >= 11 is 0. The van der Waals surface area contributed by atoms with Crippen molar-refractivity contribution in [2.45, 2.75) is 259 Å². The summed E-state index contributed by atoms with van der Waals surface area (Å²) in [5, 5.41) is 47.8. The van der Waals surface area contributed by atoms with Crippen molar-refractivity contribution in [3.63, 3.8) is 0 Å². The molecule has 0 saturated carbocycles. The fourth-order valence-electron chi connectivity index (χ4n) is 11.3. The lowest BCUT2D eigenvalue weighted by atomic mass is 9.84. The van der Waals surface area contributed by atoms with Crippen LogP contribution in [0, 0.1) is 16.7 Å². The van der Waals surface area contributed by atoms with E-state index in [1.807, 2.05) is 60.6 Å². The largest absolute Gasteiger partial charge is 0.481 e. The molecule has 0 aromatic carbocycles. The van der Waals surface area contributed by atoms with Gasteiger partial charge in [-0.2, -0.15) is 0 Å². The summed E-state index contributed by atoms with van der Waals surface area (Å²) in [6, 6.07) is -4.89.